The molecular weight excluding hydrogens is 421 g/mol. The predicted molar refractivity (Wildman–Crippen MR) is 129 cm³/mol. The Bertz CT molecular complexity index is 1190. The maximum absolute atomic E-state index is 14.5. The number of fused-ring (bicyclic) bond motifs is 1. The lowest BCUT2D eigenvalue weighted by molar-refractivity contribution is -0.128. The van der Waals surface area contributed by atoms with Crippen LogP contribution in [0.2, 0.25) is 0 Å². The number of carbonyl (C=O) groups excluding carboxylic acids is 2. The topological polar surface area (TPSA) is 102 Å². The fraction of sp³-hybridized carbons (Fsp3) is 0.400. The monoisotopic (exact) mass is 453 g/mol. The number of amides is 2. The zero-order valence-corrected chi connectivity index (χ0v) is 20.0. The molecule has 2 aromatic heterocycles. The molecule has 1 aromatic carbocycles. The Morgan fingerprint density at radius 2 is 1.85 bits per heavy atom. The summed E-state index contributed by atoms with van der Waals surface area (Å²) in [6.45, 7) is 10.7. The average Bonchev–Trinajstić information content (AvgIpc) is 3.15. The third-order valence-electron chi connectivity index (χ3n) is 5.69. The van der Waals surface area contributed by atoms with Crippen LogP contribution in [0.25, 0.3) is 16.6 Å². The highest BCUT2D eigenvalue weighted by Crippen LogP contribution is 2.31. The van der Waals surface area contributed by atoms with E-state index in [0.717, 1.165) is 16.7 Å². The summed E-state index contributed by atoms with van der Waals surface area (Å²) in [6, 6.07) is 9.13. The zero-order chi connectivity index (χ0) is 24.6. The SMILES string of the molecule is CC(Nc1c(C(N)=O)cnn2cc(-c3cccc(CNC(=O)C(C)(C)C)c3)cc12)C(C)(C)F. The van der Waals surface area contributed by atoms with Gasteiger partial charge in [-0.2, -0.15) is 5.10 Å². The Hall–Kier alpha value is -3.42. The first kappa shape index (κ1) is 24.2. The number of benzene rings is 1. The van der Waals surface area contributed by atoms with Crippen molar-refractivity contribution in [3.8, 4) is 11.1 Å². The maximum atomic E-state index is 14.5. The van der Waals surface area contributed by atoms with Gasteiger partial charge in [-0.05, 0) is 44.0 Å². The van der Waals surface area contributed by atoms with Gasteiger partial charge >= 0.3 is 0 Å². The molecule has 3 aromatic rings. The van der Waals surface area contributed by atoms with Crippen LogP contribution < -0.4 is 16.4 Å². The molecule has 0 fully saturated rings. The Morgan fingerprint density at radius 1 is 1.15 bits per heavy atom. The van der Waals surface area contributed by atoms with Gasteiger partial charge in [0.2, 0.25) is 5.91 Å². The summed E-state index contributed by atoms with van der Waals surface area (Å²) in [5.41, 5.74) is 7.58. The minimum atomic E-state index is -1.52. The van der Waals surface area contributed by atoms with Gasteiger partial charge in [0.25, 0.3) is 5.91 Å². The highest BCUT2D eigenvalue weighted by Gasteiger charge is 2.27. The quantitative estimate of drug-likeness (QED) is 0.496. The summed E-state index contributed by atoms with van der Waals surface area (Å²) >= 11 is 0. The molecule has 0 bridgehead atoms. The van der Waals surface area contributed by atoms with E-state index in [0.29, 0.717) is 17.7 Å². The van der Waals surface area contributed by atoms with E-state index in [1.54, 1.807) is 11.4 Å². The van der Waals surface area contributed by atoms with Gasteiger partial charge in [0.1, 0.15) is 5.67 Å². The molecule has 0 spiro atoms. The first-order chi connectivity index (χ1) is 15.3. The van der Waals surface area contributed by atoms with Crippen molar-refractivity contribution in [1.29, 1.82) is 0 Å². The summed E-state index contributed by atoms with van der Waals surface area (Å²) in [6.07, 6.45) is 3.22. The summed E-state index contributed by atoms with van der Waals surface area (Å²) in [5, 5.41) is 10.4. The molecule has 1 unspecified atom stereocenters. The number of halogens is 1. The van der Waals surface area contributed by atoms with Crippen molar-refractivity contribution >= 4 is 23.0 Å². The largest absolute Gasteiger partial charge is 0.377 e. The van der Waals surface area contributed by atoms with Crippen molar-refractivity contribution in [2.75, 3.05) is 5.32 Å². The first-order valence-corrected chi connectivity index (χ1v) is 10.9. The van der Waals surface area contributed by atoms with Gasteiger partial charge < -0.3 is 16.4 Å². The Labute approximate surface area is 193 Å². The smallest absolute Gasteiger partial charge is 0.252 e. The molecule has 4 N–H and O–H groups in total. The van der Waals surface area contributed by atoms with E-state index in [1.807, 2.05) is 57.3 Å². The van der Waals surface area contributed by atoms with E-state index >= 15 is 0 Å². The van der Waals surface area contributed by atoms with Crippen LogP contribution >= 0.6 is 0 Å². The van der Waals surface area contributed by atoms with E-state index in [2.05, 4.69) is 15.7 Å². The fourth-order valence-corrected chi connectivity index (χ4v) is 3.25. The van der Waals surface area contributed by atoms with Gasteiger partial charge in [0.15, 0.2) is 0 Å². The van der Waals surface area contributed by atoms with Crippen LogP contribution in [-0.2, 0) is 11.3 Å². The van der Waals surface area contributed by atoms with Crippen molar-refractivity contribution < 1.29 is 14.0 Å². The highest BCUT2D eigenvalue weighted by molar-refractivity contribution is 6.02. The molecule has 33 heavy (non-hydrogen) atoms. The third-order valence-corrected chi connectivity index (χ3v) is 5.69. The van der Waals surface area contributed by atoms with Crippen LogP contribution in [0.5, 0.6) is 0 Å². The number of nitrogens with one attached hydrogen (secondary N) is 2. The molecule has 2 heterocycles. The zero-order valence-electron chi connectivity index (χ0n) is 20.0. The van der Waals surface area contributed by atoms with E-state index < -0.39 is 23.0 Å². The van der Waals surface area contributed by atoms with E-state index in [1.165, 1.54) is 20.0 Å². The number of nitrogens with two attached hydrogens (primary N) is 1. The number of rotatable bonds is 7. The molecule has 176 valence electrons. The first-order valence-electron chi connectivity index (χ1n) is 10.9. The molecule has 0 aliphatic heterocycles. The fourth-order valence-electron chi connectivity index (χ4n) is 3.25. The molecule has 8 heteroatoms. The molecular formula is C25H32FN5O2. The number of nitrogens with zero attached hydrogens (tertiary/aromatic N) is 2. The van der Waals surface area contributed by atoms with Crippen LogP contribution in [-0.4, -0.2) is 33.1 Å². The summed E-state index contributed by atoms with van der Waals surface area (Å²) < 4.78 is 16.1. The number of hydrogen-bond donors (Lipinski definition) is 3. The van der Waals surface area contributed by atoms with Crippen molar-refractivity contribution in [3.63, 3.8) is 0 Å². The second-order valence-corrected chi connectivity index (χ2v) is 9.92. The second-order valence-electron chi connectivity index (χ2n) is 9.92. The summed E-state index contributed by atoms with van der Waals surface area (Å²) in [5.74, 6) is -0.665. The second kappa shape index (κ2) is 8.84. The normalized spacial score (nSPS) is 13.1. The molecule has 0 radical (unpaired) electrons. The lowest BCUT2D eigenvalue weighted by Gasteiger charge is -2.26. The van der Waals surface area contributed by atoms with Crippen LogP contribution in [0.3, 0.4) is 0 Å². The van der Waals surface area contributed by atoms with Gasteiger partial charge in [-0.15, -0.1) is 0 Å². The summed E-state index contributed by atoms with van der Waals surface area (Å²) in [7, 11) is 0. The number of hydrogen-bond acceptors (Lipinski definition) is 4. The summed E-state index contributed by atoms with van der Waals surface area (Å²) in [4.78, 5) is 24.2. The average molecular weight is 454 g/mol. The Morgan fingerprint density at radius 3 is 2.45 bits per heavy atom. The molecule has 0 saturated carbocycles. The molecule has 0 aliphatic rings. The lowest BCUT2D eigenvalue weighted by Crippen LogP contribution is -2.36. The molecule has 7 nitrogen and oxygen atoms in total. The standard InChI is InChI=1S/C25H32FN5O2/c1-15(25(5,6)26)30-21-19(22(27)32)13-29-31-14-18(11-20(21)31)17-9-7-8-16(10-17)12-28-23(33)24(2,3)4/h7-11,13-15,30H,12H2,1-6H3,(H2,27,32)(H,28,33). The third kappa shape index (κ3) is 5.50. The van der Waals surface area contributed by atoms with Gasteiger partial charge in [-0.3, -0.25) is 9.59 Å². The van der Waals surface area contributed by atoms with Gasteiger partial charge in [0.05, 0.1) is 29.0 Å². The van der Waals surface area contributed by atoms with Crippen molar-refractivity contribution in [2.45, 2.75) is 59.8 Å². The van der Waals surface area contributed by atoms with Crippen LogP contribution in [0, 0.1) is 5.41 Å². The van der Waals surface area contributed by atoms with Crippen molar-refractivity contribution in [1.82, 2.24) is 14.9 Å². The van der Waals surface area contributed by atoms with Gasteiger partial charge in [0, 0.05) is 23.7 Å². The van der Waals surface area contributed by atoms with Crippen molar-refractivity contribution in [2.24, 2.45) is 11.1 Å². The van der Waals surface area contributed by atoms with Crippen LogP contribution in [0.1, 0.15) is 57.5 Å². The molecule has 0 saturated heterocycles. The van der Waals surface area contributed by atoms with Gasteiger partial charge in [-0.25, -0.2) is 8.91 Å². The van der Waals surface area contributed by atoms with Crippen molar-refractivity contribution in [3.05, 3.63) is 53.9 Å². The Kier molecular flexibility index (Phi) is 6.49. The number of primary amides is 1. The molecule has 2 amide bonds. The number of alkyl halides is 1. The van der Waals surface area contributed by atoms with Crippen LogP contribution in [0.15, 0.2) is 42.7 Å². The number of anilines is 1. The van der Waals surface area contributed by atoms with E-state index in [9.17, 15) is 14.0 Å². The maximum Gasteiger partial charge on any atom is 0.252 e. The molecule has 3 rings (SSSR count). The molecule has 0 aliphatic carbocycles. The minimum Gasteiger partial charge on any atom is -0.377 e. The number of aromatic nitrogens is 2. The van der Waals surface area contributed by atoms with Gasteiger partial charge in [-0.1, -0.05) is 39.0 Å². The minimum absolute atomic E-state index is 0.0219. The number of carbonyl (C=O) groups is 2. The van der Waals surface area contributed by atoms with E-state index in [4.69, 9.17) is 5.73 Å². The van der Waals surface area contributed by atoms with Crippen LogP contribution in [0.4, 0.5) is 10.1 Å². The highest BCUT2D eigenvalue weighted by atomic mass is 19.1. The predicted octanol–water partition coefficient (Wildman–Crippen LogP) is 4.31. The van der Waals surface area contributed by atoms with E-state index in [-0.39, 0.29) is 11.5 Å². The lowest BCUT2D eigenvalue weighted by atomic mass is 9.95. The Balaban J connectivity index is 1.98. The molecule has 1 atom stereocenters.